The van der Waals surface area contributed by atoms with Crippen LogP contribution in [0.3, 0.4) is 0 Å². The lowest BCUT2D eigenvalue weighted by Crippen LogP contribution is -2.15. The molecule has 9 heteroatoms. The fraction of sp³-hybridized carbons (Fsp3) is 0.909. The van der Waals surface area contributed by atoms with Gasteiger partial charge < -0.3 is 14.2 Å². The first kappa shape index (κ1) is 19.3. The molecule has 0 heterocycles. The molecule has 0 unspecified atom stereocenters. The third-order valence-electron chi connectivity index (χ3n) is 2.04. The lowest BCUT2D eigenvalue weighted by molar-refractivity contribution is -0.145. The molecular formula is C11H22O8S. The molecule has 0 amide bonds. The summed E-state index contributed by atoms with van der Waals surface area (Å²) in [5, 5.41) is 0. The molecule has 0 aromatic heterocycles. The van der Waals surface area contributed by atoms with Crippen LogP contribution in [0.1, 0.15) is 26.2 Å². The van der Waals surface area contributed by atoms with E-state index in [0.717, 1.165) is 12.8 Å². The summed E-state index contributed by atoms with van der Waals surface area (Å²) in [4.78, 5) is 11.1. The fourth-order valence-corrected chi connectivity index (χ4v) is 1.38. The molecule has 0 aliphatic heterocycles. The minimum absolute atomic E-state index is 0.0691. The highest BCUT2D eigenvalue weighted by Crippen LogP contribution is 1.93. The van der Waals surface area contributed by atoms with Crippen LogP contribution in [-0.4, -0.2) is 58.6 Å². The van der Waals surface area contributed by atoms with Gasteiger partial charge in [-0.05, 0) is 6.42 Å². The number of carbonyl (C=O) groups is 1. The van der Waals surface area contributed by atoms with Gasteiger partial charge in [-0.25, -0.2) is 4.18 Å². The van der Waals surface area contributed by atoms with E-state index in [1.165, 1.54) is 0 Å². The van der Waals surface area contributed by atoms with E-state index in [2.05, 4.69) is 11.1 Å². The summed E-state index contributed by atoms with van der Waals surface area (Å²) in [6.45, 7) is 3.56. The lowest BCUT2D eigenvalue weighted by atomic mass is 10.4. The third kappa shape index (κ3) is 15.3. The molecule has 1 N–H and O–H groups in total. The number of unbranched alkanes of at least 4 members (excludes halogenated alkanes) is 1. The van der Waals surface area contributed by atoms with Crippen molar-refractivity contribution >= 4 is 16.4 Å². The summed E-state index contributed by atoms with van der Waals surface area (Å²) in [6, 6.07) is 0. The maximum Gasteiger partial charge on any atom is 0.397 e. The van der Waals surface area contributed by atoms with Gasteiger partial charge in [0, 0.05) is 6.61 Å². The Morgan fingerprint density at radius 1 is 1.00 bits per heavy atom. The Hall–Kier alpha value is -0.740. The van der Waals surface area contributed by atoms with E-state index in [4.69, 9.17) is 18.8 Å². The highest BCUT2D eigenvalue weighted by Gasteiger charge is 2.08. The standard InChI is InChI=1S/C11H22O8S/c1-2-3-5-16-7-8-17-9-10-18-11(12)4-6-19-20(13,14)15/h2-10H2,1H3,(H,13,14,15). The number of esters is 1. The predicted octanol–water partition coefficient (Wildman–Crippen LogP) is 0.572. The molecule has 0 rings (SSSR count). The molecule has 0 radical (unpaired) electrons. The Kier molecular flexibility index (Phi) is 11.6. The van der Waals surface area contributed by atoms with Crippen LogP contribution in [0.4, 0.5) is 0 Å². The molecule has 0 atom stereocenters. The van der Waals surface area contributed by atoms with Gasteiger partial charge in [0.25, 0.3) is 0 Å². The molecule has 0 spiro atoms. The van der Waals surface area contributed by atoms with Crippen molar-refractivity contribution < 1.29 is 36.2 Å². The fourth-order valence-electron chi connectivity index (χ4n) is 1.09. The van der Waals surface area contributed by atoms with Crippen molar-refractivity contribution in [3.8, 4) is 0 Å². The molecule has 0 aromatic carbocycles. The minimum atomic E-state index is -4.51. The number of hydrogen-bond donors (Lipinski definition) is 1. The number of rotatable bonds is 13. The normalized spacial score (nSPS) is 11.5. The van der Waals surface area contributed by atoms with Crippen LogP contribution in [0.15, 0.2) is 0 Å². The van der Waals surface area contributed by atoms with Gasteiger partial charge in [-0.3, -0.25) is 9.35 Å². The van der Waals surface area contributed by atoms with Crippen molar-refractivity contribution in [1.29, 1.82) is 0 Å². The van der Waals surface area contributed by atoms with Crippen LogP contribution >= 0.6 is 0 Å². The molecule has 20 heavy (non-hydrogen) atoms. The van der Waals surface area contributed by atoms with Crippen molar-refractivity contribution in [3.05, 3.63) is 0 Å². The molecule has 0 aliphatic carbocycles. The quantitative estimate of drug-likeness (QED) is 0.299. The van der Waals surface area contributed by atoms with Crippen LogP contribution in [0.25, 0.3) is 0 Å². The van der Waals surface area contributed by atoms with Crippen LogP contribution in [0.2, 0.25) is 0 Å². The molecule has 0 saturated carbocycles. The monoisotopic (exact) mass is 314 g/mol. The Morgan fingerprint density at radius 2 is 1.60 bits per heavy atom. The maximum absolute atomic E-state index is 11.1. The van der Waals surface area contributed by atoms with Gasteiger partial charge in [-0.2, -0.15) is 8.42 Å². The maximum atomic E-state index is 11.1. The second-order valence-electron chi connectivity index (χ2n) is 3.80. The summed E-state index contributed by atoms with van der Waals surface area (Å²) in [6.07, 6.45) is 1.83. The summed E-state index contributed by atoms with van der Waals surface area (Å²) in [5.74, 6) is -0.628. The smallest absolute Gasteiger partial charge is 0.397 e. The van der Waals surface area contributed by atoms with E-state index in [1.807, 2.05) is 0 Å². The van der Waals surface area contributed by atoms with Crippen molar-refractivity contribution in [3.63, 3.8) is 0 Å². The van der Waals surface area contributed by atoms with Crippen LogP contribution in [-0.2, 0) is 33.6 Å². The highest BCUT2D eigenvalue weighted by atomic mass is 32.3. The number of ether oxygens (including phenoxy) is 3. The topological polar surface area (TPSA) is 108 Å². The first-order valence-electron chi connectivity index (χ1n) is 6.38. The van der Waals surface area contributed by atoms with Gasteiger partial charge in [0.05, 0.1) is 32.8 Å². The van der Waals surface area contributed by atoms with Crippen molar-refractivity contribution in [2.45, 2.75) is 26.2 Å². The van der Waals surface area contributed by atoms with E-state index in [0.29, 0.717) is 19.8 Å². The zero-order valence-electron chi connectivity index (χ0n) is 11.6. The Labute approximate surface area is 119 Å². The Bertz CT molecular complexity index is 340. The molecule has 0 fully saturated rings. The van der Waals surface area contributed by atoms with E-state index >= 15 is 0 Å². The SMILES string of the molecule is CCCCOCCOCCOC(=O)CCOS(=O)(=O)O. The van der Waals surface area contributed by atoms with E-state index in [1.54, 1.807) is 0 Å². The van der Waals surface area contributed by atoms with Gasteiger partial charge >= 0.3 is 16.4 Å². The van der Waals surface area contributed by atoms with Crippen LogP contribution in [0.5, 0.6) is 0 Å². The van der Waals surface area contributed by atoms with Gasteiger partial charge in [-0.15, -0.1) is 0 Å². The summed E-state index contributed by atoms with van der Waals surface area (Å²) in [7, 11) is -4.51. The van der Waals surface area contributed by atoms with Gasteiger partial charge in [0.15, 0.2) is 0 Å². The molecule has 0 saturated heterocycles. The summed E-state index contributed by atoms with van der Waals surface area (Å²) < 4.78 is 47.7. The van der Waals surface area contributed by atoms with E-state index in [-0.39, 0.29) is 19.6 Å². The van der Waals surface area contributed by atoms with E-state index in [9.17, 15) is 13.2 Å². The average molecular weight is 314 g/mol. The second kappa shape index (κ2) is 12.0. The molecule has 0 bridgehead atoms. The van der Waals surface area contributed by atoms with E-state index < -0.39 is 23.0 Å². The largest absolute Gasteiger partial charge is 0.463 e. The Morgan fingerprint density at radius 3 is 2.20 bits per heavy atom. The van der Waals surface area contributed by atoms with Crippen LogP contribution < -0.4 is 0 Å². The molecule has 8 nitrogen and oxygen atoms in total. The number of carbonyl (C=O) groups excluding carboxylic acids is 1. The first-order chi connectivity index (χ1) is 9.45. The Balaban J connectivity index is 3.27. The molecular weight excluding hydrogens is 292 g/mol. The average Bonchev–Trinajstić information content (AvgIpc) is 2.35. The third-order valence-corrected chi connectivity index (χ3v) is 2.51. The summed E-state index contributed by atoms with van der Waals surface area (Å²) in [5.41, 5.74) is 0. The molecule has 0 aliphatic rings. The highest BCUT2D eigenvalue weighted by molar-refractivity contribution is 7.80. The predicted molar refractivity (Wildman–Crippen MR) is 69.6 cm³/mol. The first-order valence-corrected chi connectivity index (χ1v) is 7.75. The zero-order chi connectivity index (χ0) is 15.3. The molecule has 0 aromatic rings. The summed E-state index contributed by atoms with van der Waals surface area (Å²) >= 11 is 0. The lowest BCUT2D eigenvalue weighted by Gasteiger charge is -2.06. The van der Waals surface area contributed by atoms with Crippen molar-refractivity contribution in [1.82, 2.24) is 0 Å². The second-order valence-corrected chi connectivity index (χ2v) is 4.89. The van der Waals surface area contributed by atoms with Gasteiger partial charge in [0.2, 0.25) is 0 Å². The van der Waals surface area contributed by atoms with Crippen molar-refractivity contribution in [2.75, 3.05) is 39.6 Å². The van der Waals surface area contributed by atoms with Gasteiger partial charge in [-0.1, -0.05) is 13.3 Å². The zero-order valence-corrected chi connectivity index (χ0v) is 12.4. The molecule has 120 valence electrons. The minimum Gasteiger partial charge on any atom is -0.463 e. The van der Waals surface area contributed by atoms with Crippen molar-refractivity contribution in [2.24, 2.45) is 0 Å². The number of hydrogen-bond acceptors (Lipinski definition) is 7. The van der Waals surface area contributed by atoms with Crippen LogP contribution in [0, 0.1) is 0 Å². The van der Waals surface area contributed by atoms with Gasteiger partial charge in [0.1, 0.15) is 6.61 Å².